The number of nitrogens with zero attached hydrogens (tertiary/aromatic N) is 3. The molecule has 1 aliphatic heterocycles. The number of fused-ring (bicyclic) bond motifs is 1. The Morgan fingerprint density at radius 2 is 2.16 bits per heavy atom. The predicted molar refractivity (Wildman–Crippen MR) is 71.6 cm³/mol. The molecular formula is C13H17N3O2S. The number of thiazole rings is 1. The van der Waals surface area contributed by atoms with Gasteiger partial charge >= 0.3 is 6.09 Å². The predicted octanol–water partition coefficient (Wildman–Crippen LogP) is 3.00. The first kappa shape index (κ1) is 13.8. The second-order valence-corrected chi connectivity index (χ2v) is 7.11. The van der Waals surface area contributed by atoms with Gasteiger partial charge in [-0.05, 0) is 34.6 Å². The number of hydrogen-bond donors (Lipinski definition) is 0. The Labute approximate surface area is 116 Å². The van der Waals surface area contributed by atoms with Crippen LogP contribution in [0.1, 0.15) is 50.2 Å². The first-order valence-electron chi connectivity index (χ1n) is 6.06. The Hall–Kier alpha value is -1.61. The van der Waals surface area contributed by atoms with Gasteiger partial charge in [0, 0.05) is 0 Å². The number of carbonyl (C=O) groups excluding carboxylic acids is 1. The second kappa shape index (κ2) is 4.20. The van der Waals surface area contributed by atoms with Gasteiger partial charge in [0.1, 0.15) is 11.7 Å². The third-order valence-corrected chi connectivity index (χ3v) is 3.91. The summed E-state index contributed by atoms with van der Waals surface area (Å²) in [5.74, 6) is 0. The average Bonchev–Trinajstić information content (AvgIpc) is 2.75. The van der Waals surface area contributed by atoms with Gasteiger partial charge in [0.15, 0.2) is 5.01 Å². The van der Waals surface area contributed by atoms with E-state index in [2.05, 4.69) is 4.98 Å². The molecule has 0 atom stereocenters. The highest BCUT2D eigenvalue weighted by molar-refractivity contribution is 7.12. The molecule has 0 aromatic carbocycles. The van der Waals surface area contributed by atoms with Crippen LogP contribution in [0.25, 0.3) is 0 Å². The lowest BCUT2D eigenvalue weighted by Gasteiger charge is -2.33. The van der Waals surface area contributed by atoms with Crippen LogP contribution in [0.4, 0.5) is 4.79 Å². The van der Waals surface area contributed by atoms with Crippen LogP contribution in [0.3, 0.4) is 0 Å². The van der Waals surface area contributed by atoms with Crippen LogP contribution in [0, 0.1) is 11.3 Å². The lowest BCUT2D eigenvalue weighted by molar-refractivity contribution is 0.00475. The van der Waals surface area contributed by atoms with Crippen LogP contribution in [0.5, 0.6) is 0 Å². The fourth-order valence-electron chi connectivity index (χ4n) is 2.06. The zero-order valence-corrected chi connectivity index (χ0v) is 12.6. The third-order valence-electron chi connectivity index (χ3n) is 2.96. The van der Waals surface area contributed by atoms with Crippen LogP contribution < -0.4 is 0 Å². The van der Waals surface area contributed by atoms with Gasteiger partial charge in [0.05, 0.1) is 22.7 Å². The van der Waals surface area contributed by atoms with Gasteiger partial charge in [-0.1, -0.05) is 0 Å². The van der Waals surface area contributed by atoms with E-state index in [1.54, 1.807) is 4.90 Å². The maximum atomic E-state index is 12.2. The lowest BCUT2D eigenvalue weighted by Crippen LogP contribution is -2.43. The normalized spacial score (nSPS) is 16.9. The van der Waals surface area contributed by atoms with E-state index in [1.165, 1.54) is 11.3 Å². The van der Waals surface area contributed by atoms with E-state index in [1.807, 2.05) is 40.7 Å². The summed E-state index contributed by atoms with van der Waals surface area (Å²) in [5, 5.41) is 9.33. The van der Waals surface area contributed by atoms with Crippen molar-refractivity contribution in [2.75, 3.05) is 0 Å². The Balaban J connectivity index is 2.27. The van der Waals surface area contributed by atoms with Gasteiger partial charge in [-0.3, -0.25) is 4.90 Å². The van der Waals surface area contributed by atoms with Gasteiger partial charge < -0.3 is 4.74 Å². The molecule has 1 aromatic rings. The molecule has 1 aromatic heterocycles. The first-order valence-corrected chi connectivity index (χ1v) is 6.87. The Bertz CT molecular complexity index is 563. The smallest absolute Gasteiger partial charge is 0.411 e. The van der Waals surface area contributed by atoms with Crippen molar-refractivity contribution in [1.29, 1.82) is 5.26 Å². The SMILES string of the molecule is CC(C)(C)OC(=O)N1Cc2sc(C#N)nc2C1(C)C. The molecule has 2 heterocycles. The van der Waals surface area contributed by atoms with E-state index in [-0.39, 0.29) is 6.09 Å². The summed E-state index contributed by atoms with van der Waals surface area (Å²) in [5.41, 5.74) is -0.252. The molecule has 0 fully saturated rings. The summed E-state index contributed by atoms with van der Waals surface area (Å²) in [7, 11) is 0. The maximum absolute atomic E-state index is 12.2. The van der Waals surface area contributed by atoms with Crippen LogP contribution in [0.15, 0.2) is 0 Å². The molecule has 1 aliphatic rings. The molecule has 1 amide bonds. The quantitative estimate of drug-likeness (QED) is 0.732. The second-order valence-electron chi connectivity index (χ2n) is 6.03. The van der Waals surface area contributed by atoms with E-state index in [4.69, 9.17) is 10.00 Å². The minimum absolute atomic E-state index is 0.346. The highest BCUT2D eigenvalue weighted by Crippen LogP contribution is 2.41. The highest BCUT2D eigenvalue weighted by Gasteiger charge is 2.45. The summed E-state index contributed by atoms with van der Waals surface area (Å²) in [6, 6.07) is 2.05. The lowest BCUT2D eigenvalue weighted by atomic mass is 10.0. The number of hydrogen-bond acceptors (Lipinski definition) is 5. The van der Waals surface area contributed by atoms with Gasteiger partial charge in [0.2, 0.25) is 0 Å². The van der Waals surface area contributed by atoms with Gasteiger partial charge in [-0.2, -0.15) is 5.26 Å². The minimum Gasteiger partial charge on any atom is -0.444 e. The van der Waals surface area contributed by atoms with E-state index < -0.39 is 11.1 Å². The van der Waals surface area contributed by atoms with E-state index in [0.29, 0.717) is 11.6 Å². The molecule has 0 N–H and O–H groups in total. The van der Waals surface area contributed by atoms with Crippen LogP contribution in [0.2, 0.25) is 0 Å². The molecule has 0 radical (unpaired) electrons. The van der Waals surface area contributed by atoms with Crippen molar-refractivity contribution in [1.82, 2.24) is 9.88 Å². The van der Waals surface area contributed by atoms with E-state index in [9.17, 15) is 4.79 Å². The zero-order chi connectivity index (χ0) is 14.4. The first-order chi connectivity index (χ1) is 8.65. The molecule has 2 rings (SSSR count). The molecule has 0 saturated heterocycles. The molecule has 0 aliphatic carbocycles. The molecule has 0 spiro atoms. The molecule has 0 saturated carbocycles. The van der Waals surface area contributed by atoms with Crippen molar-refractivity contribution in [3.8, 4) is 6.07 Å². The summed E-state index contributed by atoms with van der Waals surface area (Å²) < 4.78 is 5.41. The van der Waals surface area contributed by atoms with Crippen LogP contribution in [-0.4, -0.2) is 21.6 Å². The van der Waals surface area contributed by atoms with Gasteiger partial charge in [-0.15, -0.1) is 11.3 Å². The monoisotopic (exact) mass is 279 g/mol. The molecule has 19 heavy (non-hydrogen) atoms. The number of aromatic nitrogens is 1. The van der Waals surface area contributed by atoms with E-state index in [0.717, 1.165) is 10.6 Å². The molecular weight excluding hydrogens is 262 g/mol. The number of rotatable bonds is 0. The summed E-state index contributed by atoms with van der Waals surface area (Å²) in [4.78, 5) is 19.1. The van der Waals surface area contributed by atoms with Crippen molar-refractivity contribution >= 4 is 17.4 Å². The van der Waals surface area contributed by atoms with Crippen molar-refractivity contribution < 1.29 is 9.53 Å². The highest BCUT2D eigenvalue weighted by atomic mass is 32.1. The Morgan fingerprint density at radius 1 is 1.53 bits per heavy atom. The third kappa shape index (κ3) is 2.43. The van der Waals surface area contributed by atoms with Gasteiger partial charge in [-0.25, -0.2) is 9.78 Å². The minimum atomic E-state index is -0.538. The number of nitriles is 1. The number of amides is 1. The summed E-state index contributed by atoms with van der Waals surface area (Å²) in [6.07, 6.45) is -0.346. The molecule has 5 nitrogen and oxygen atoms in total. The number of ether oxygens (including phenoxy) is 1. The van der Waals surface area contributed by atoms with Crippen molar-refractivity contribution in [3.63, 3.8) is 0 Å². The van der Waals surface area contributed by atoms with Crippen LogP contribution >= 0.6 is 11.3 Å². The Kier molecular flexibility index (Phi) is 3.06. The maximum Gasteiger partial charge on any atom is 0.411 e. The summed E-state index contributed by atoms with van der Waals surface area (Å²) in [6.45, 7) is 9.82. The molecule has 102 valence electrons. The molecule has 0 unspecified atom stereocenters. The van der Waals surface area contributed by atoms with Gasteiger partial charge in [0.25, 0.3) is 0 Å². The van der Waals surface area contributed by atoms with Crippen LogP contribution in [-0.2, 0) is 16.8 Å². The fraction of sp³-hybridized carbons (Fsp3) is 0.615. The number of carbonyl (C=O) groups is 1. The summed E-state index contributed by atoms with van der Waals surface area (Å²) >= 11 is 1.34. The average molecular weight is 279 g/mol. The standard InChI is InChI=1S/C13H17N3O2S/c1-12(2,3)18-11(17)16-7-8-10(13(16,4)5)15-9(6-14)19-8/h7H2,1-5H3. The Morgan fingerprint density at radius 3 is 2.63 bits per heavy atom. The molecule has 0 bridgehead atoms. The van der Waals surface area contributed by atoms with Crippen molar-refractivity contribution in [3.05, 3.63) is 15.6 Å². The van der Waals surface area contributed by atoms with Crippen molar-refractivity contribution in [2.24, 2.45) is 0 Å². The topological polar surface area (TPSA) is 66.2 Å². The largest absolute Gasteiger partial charge is 0.444 e. The zero-order valence-electron chi connectivity index (χ0n) is 11.8. The molecule has 6 heteroatoms. The van der Waals surface area contributed by atoms with E-state index >= 15 is 0 Å². The van der Waals surface area contributed by atoms with Crippen molar-refractivity contribution in [2.45, 2.75) is 52.3 Å². The fourth-order valence-corrected chi connectivity index (χ4v) is 3.07.